The van der Waals surface area contributed by atoms with E-state index in [0.717, 1.165) is 57.1 Å². The van der Waals surface area contributed by atoms with Gasteiger partial charge in [0.1, 0.15) is 17.6 Å². The zero-order valence-electron chi connectivity index (χ0n) is 26.5. The van der Waals surface area contributed by atoms with Crippen molar-refractivity contribution in [1.82, 2.24) is 0 Å². The second-order valence-corrected chi connectivity index (χ2v) is 12.1. The Morgan fingerprint density at radius 3 is 2.02 bits per heavy atom. The Labute approximate surface area is 258 Å². The van der Waals surface area contributed by atoms with Gasteiger partial charge in [-0.25, -0.2) is 14.0 Å². The normalized spacial score (nSPS) is 17.3. The highest BCUT2D eigenvalue weighted by molar-refractivity contribution is 5.91. The van der Waals surface area contributed by atoms with E-state index in [2.05, 4.69) is 6.92 Å². The van der Waals surface area contributed by atoms with Crippen LogP contribution in [0.3, 0.4) is 0 Å². The molecule has 1 saturated carbocycles. The summed E-state index contributed by atoms with van der Waals surface area (Å²) in [6.45, 7) is 4.92. The Hall–Kier alpha value is -2.89. The molecule has 2 aromatic carbocycles. The average Bonchev–Trinajstić information content (AvgIpc) is 3.03. The number of benzene rings is 2. The highest BCUT2D eigenvalue weighted by Crippen LogP contribution is 2.30. The first kappa shape index (κ1) is 34.6. The lowest BCUT2D eigenvalue weighted by molar-refractivity contribution is -0.157. The van der Waals surface area contributed by atoms with Crippen LogP contribution in [-0.2, 0) is 16.0 Å². The van der Waals surface area contributed by atoms with Gasteiger partial charge in [-0.1, -0.05) is 83.8 Å². The summed E-state index contributed by atoms with van der Waals surface area (Å²) >= 11 is 0. The molecule has 0 aromatic heterocycles. The van der Waals surface area contributed by atoms with Crippen LogP contribution in [0.15, 0.2) is 48.5 Å². The number of alkyl halides is 1. The first-order valence-electron chi connectivity index (χ1n) is 16.9. The molecule has 0 heterocycles. The van der Waals surface area contributed by atoms with Crippen molar-refractivity contribution in [1.29, 1.82) is 0 Å². The molecule has 1 aliphatic carbocycles. The predicted octanol–water partition coefficient (Wildman–Crippen LogP) is 9.99. The minimum atomic E-state index is -1.49. The van der Waals surface area contributed by atoms with Crippen molar-refractivity contribution >= 4 is 11.9 Å². The summed E-state index contributed by atoms with van der Waals surface area (Å²) in [6, 6.07) is 14.9. The maximum absolute atomic E-state index is 13.9. The molecule has 2 aromatic rings. The van der Waals surface area contributed by atoms with Crippen molar-refractivity contribution < 1.29 is 28.2 Å². The van der Waals surface area contributed by atoms with Gasteiger partial charge in [0.15, 0.2) is 6.17 Å². The number of carbonyl (C=O) groups is 2. The molecule has 3 rings (SSSR count). The molecule has 1 fully saturated rings. The van der Waals surface area contributed by atoms with Crippen molar-refractivity contribution in [3.05, 3.63) is 59.7 Å². The summed E-state index contributed by atoms with van der Waals surface area (Å²) in [5.41, 5.74) is 1.69. The Balaban J connectivity index is 1.29. The number of unbranched alkanes of at least 4 members (excludes halogenated alkanes) is 8. The zero-order chi connectivity index (χ0) is 30.7. The van der Waals surface area contributed by atoms with E-state index >= 15 is 0 Å². The lowest BCUT2D eigenvalue weighted by Crippen LogP contribution is -2.29. The van der Waals surface area contributed by atoms with Crippen LogP contribution in [0.1, 0.15) is 133 Å². The number of rotatable bonds is 20. The topological polar surface area (TPSA) is 61.8 Å². The lowest BCUT2D eigenvalue weighted by Gasteiger charge is -2.28. The third-order valence-corrected chi connectivity index (χ3v) is 8.48. The summed E-state index contributed by atoms with van der Waals surface area (Å²) in [5, 5.41) is 0. The number of aryl methyl sites for hydroxylation is 1. The average molecular weight is 597 g/mol. The molecule has 0 spiro atoms. The van der Waals surface area contributed by atoms with E-state index in [9.17, 15) is 14.0 Å². The van der Waals surface area contributed by atoms with Gasteiger partial charge in [-0.2, -0.15) is 0 Å². The van der Waals surface area contributed by atoms with Crippen LogP contribution in [0, 0.1) is 5.92 Å². The molecule has 1 aliphatic rings. The van der Waals surface area contributed by atoms with Crippen molar-refractivity contribution in [2.24, 2.45) is 5.92 Å². The fourth-order valence-corrected chi connectivity index (χ4v) is 5.65. The van der Waals surface area contributed by atoms with E-state index in [1.807, 2.05) is 43.3 Å². The number of hydrogen-bond acceptors (Lipinski definition) is 5. The summed E-state index contributed by atoms with van der Waals surface area (Å²) in [4.78, 5) is 24.6. The maximum atomic E-state index is 13.9. The Bertz CT molecular complexity index is 1040. The van der Waals surface area contributed by atoms with Crippen molar-refractivity contribution in [3.8, 4) is 11.5 Å². The Morgan fingerprint density at radius 2 is 1.37 bits per heavy atom. The fraction of sp³-hybridized carbons (Fsp3) is 0.622. The molecule has 1 atom stereocenters. The van der Waals surface area contributed by atoms with E-state index in [0.29, 0.717) is 30.3 Å². The Kier molecular flexibility index (Phi) is 16.2. The van der Waals surface area contributed by atoms with Gasteiger partial charge in [-0.15, -0.1) is 0 Å². The quantitative estimate of drug-likeness (QED) is 0.0865. The molecular weight excluding hydrogens is 543 g/mol. The van der Waals surface area contributed by atoms with Gasteiger partial charge in [0, 0.05) is 0 Å². The SMILES string of the molecule is CCCCCCCCCCOc1ccc(C(=O)Oc2ccc(CC[C@H]3CC[C@H](OC(=O)[C@@H](F)CCCC)CC3)cc2)cc1. The number of esters is 2. The van der Waals surface area contributed by atoms with E-state index in [1.54, 1.807) is 12.1 Å². The highest BCUT2D eigenvalue weighted by atomic mass is 19.1. The van der Waals surface area contributed by atoms with Crippen LogP contribution >= 0.6 is 0 Å². The fourth-order valence-electron chi connectivity index (χ4n) is 5.65. The monoisotopic (exact) mass is 596 g/mol. The van der Waals surface area contributed by atoms with Gasteiger partial charge < -0.3 is 14.2 Å². The number of ether oxygens (including phenoxy) is 3. The van der Waals surface area contributed by atoms with Gasteiger partial charge in [0.2, 0.25) is 0 Å². The van der Waals surface area contributed by atoms with Gasteiger partial charge in [0.25, 0.3) is 0 Å². The van der Waals surface area contributed by atoms with Crippen molar-refractivity contribution in [3.63, 3.8) is 0 Å². The first-order valence-corrected chi connectivity index (χ1v) is 16.9. The second-order valence-electron chi connectivity index (χ2n) is 12.1. The first-order chi connectivity index (χ1) is 21.0. The van der Waals surface area contributed by atoms with E-state index in [4.69, 9.17) is 14.2 Å². The van der Waals surface area contributed by atoms with Crippen LogP contribution in [-0.4, -0.2) is 30.8 Å². The largest absolute Gasteiger partial charge is 0.494 e. The third-order valence-electron chi connectivity index (χ3n) is 8.48. The highest BCUT2D eigenvalue weighted by Gasteiger charge is 2.27. The van der Waals surface area contributed by atoms with Crippen LogP contribution in [0.2, 0.25) is 0 Å². The molecule has 5 nitrogen and oxygen atoms in total. The molecule has 0 saturated heterocycles. The molecule has 0 N–H and O–H groups in total. The van der Waals surface area contributed by atoms with Gasteiger partial charge in [0.05, 0.1) is 12.2 Å². The molecule has 43 heavy (non-hydrogen) atoms. The summed E-state index contributed by atoms with van der Waals surface area (Å²) in [7, 11) is 0. The molecule has 0 radical (unpaired) electrons. The lowest BCUT2D eigenvalue weighted by atomic mass is 9.83. The summed E-state index contributed by atoms with van der Waals surface area (Å²) < 4.78 is 30.8. The summed E-state index contributed by atoms with van der Waals surface area (Å²) in [6.07, 6.45) is 15.9. The van der Waals surface area contributed by atoms with Gasteiger partial charge in [-0.3, -0.25) is 0 Å². The molecule has 238 valence electrons. The minimum absolute atomic E-state index is 0.152. The number of hydrogen-bond donors (Lipinski definition) is 0. The van der Waals surface area contributed by atoms with E-state index in [1.165, 1.54) is 50.5 Å². The minimum Gasteiger partial charge on any atom is -0.494 e. The standard InChI is InChI=1S/C37H53FO5/c1-3-5-7-8-9-10-11-12-28-41-32-26-20-31(21-27-32)36(39)42-33-22-16-29(17-23-33)14-15-30-18-24-34(25-19-30)43-37(40)35(38)13-6-4-2/h16-17,20-23,26-27,30,34-35H,3-15,18-19,24-25,28H2,1-2H3/t30-,34-,35-/m0/s1. The van der Waals surface area contributed by atoms with Crippen LogP contribution in [0.5, 0.6) is 11.5 Å². The molecule has 0 bridgehead atoms. The van der Waals surface area contributed by atoms with Crippen LogP contribution in [0.25, 0.3) is 0 Å². The van der Waals surface area contributed by atoms with E-state index < -0.39 is 12.1 Å². The maximum Gasteiger partial charge on any atom is 0.343 e. The van der Waals surface area contributed by atoms with Crippen molar-refractivity contribution in [2.75, 3.05) is 6.61 Å². The molecular formula is C37H53FO5. The van der Waals surface area contributed by atoms with E-state index in [-0.39, 0.29) is 18.5 Å². The third kappa shape index (κ3) is 13.5. The predicted molar refractivity (Wildman–Crippen MR) is 171 cm³/mol. The van der Waals surface area contributed by atoms with Gasteiger partial charge in [-0.05, 0) is 99.2 Å². The Morgan fingerprint density at radius 1 is 0.767 bits per heavy atom. The number of halogens is 1. The zero-order valence-corrected chi connectivity index (χ0v) is 26.5. The van der Waals surface area contributed by atoms with Crippen LogP contribution < -0.4 is 9.47 Å². The molecule has 0 amide bonds. The van der Waals surface area contributed by atoms with Crippen LogP contribution in [0.4, 0.5) is 4.39 Å². The molecule has 6 heteroatoms. The molecule has 0 aliphatic heterocycles. The van der Waals surface area contributed by atoms with Crippen molar-refractivity contribution in [2.45, 2.75) is 135 Å². The van der Waals surface area contributed by atoms with Gasteiger partial charge >= 0.3 is 11.9 Å². The summed E-state index contributed by atoms with van der Waals surface area (Å²) in [5.74, 6) is 0.795. The number of carbonyl (C=O) groups excluding carboxylic acids is 2. The molecule has 0 unspecified atom stereocenters. The second kappa shape index (κ2) is 20.1. The smallest absolute Gasteiger partial charge is 0.343 e.